The number of ether oxygens (including phenoxy) is 1. The van der Waals surface area contributed by atoms with Crippen molar-refractivity contribution in [1.29, 1.82) is 0 Å². The second kappa shape index (κ2) is 9.16. The zero-order valence-corrected chi connectivity index (χ0v) is 14.4. The van der Waals surface area contributed by atoms with Crippen LogP contribution in [0.5, 0.6) is 0 Å². The molecule has 0 aliphatic carbocycles. The fourth-order valence-corrected chi connectivity index (χ4v) is 3.60. The molecular weight excluding hydrogens is 302 g/mol. The van der Waals surface area contributed by atoms with Gasteiger partial charge in [0, 0.05) is 38.1 Å². The minimum absolute atomic E-state index is 0.152. The van der Waals surface area contributed by atoms with Gasteiger partial charge in [-0.3, -0.25) is 9.69 Å². The number of benzene rings is 1. The summed E-state index contributed by atoms with van der Waals surface area (Å²) in [5, 5.41) is 6.68. The highest BCUT2D eigenvalue weighted by atomic mass is 16.5. The molecule has 2 saturated heterocycles. The van der Waals surface area contributed by atoms with Gasteiger partial charge in [0.05, 0.1) is 13.2 Å². The highest BCUT2D eigenvalue weighted by Crippen LogP contribution is 2.10. The fourth-order valence-electron chi connectivity index (χ4n) is 3.60. The van der Waals surface area contributed by atoms with Gasteiger partial charge in [-0.25, -0.2) is 0 Å². The van der Waals surface area contributed by atoms with Crippen molar-refractivity contribution in [3.63, 3.8) is 0 Å². The Labute approximate surface area is 144 Å². The van der Waals surface area contributed by atoms with Crippen LogP contribution in [0.4, 0.5) is 0 Å². The highest BCUT2D eigenvalue weighted by Gasteiger charge is 2.22. The molecule has 24 heavy (non-hydrogen) atoms. The molecule has 3 rings (SSSR count). The first-order chi connectivity index (χ1) is 11.8. The molecule has 2 aliphatic heterocycles. The van der Waals surface area contributed by atoms with Crippen LogP contribution in [0.3, 0.4) is 0 Å². The molecule has 0 aromatic heterocycles. The molecule has 0 bridgehead atoms. The first-order valence-corrected chi connectivity index (χ1v) is 9.16. The number of nitrogens with one attached hydrogen (secondary N) is 2. The minimum atomic E-state index is 0.152. The minimum Gasteiger partial charge on any atom is -0.379 e. The number of carbonyl (C=O) groups excluding carboxylic acids is 1. The van der Waals surface area contributed by atoms with Gasteiger partial charge < -0.3 is 15.4 Å². The number of hydrogen-bond acceptors (Lipinski definition) is 4. The van der Waals surface area contributed by atoms with Gasteiger partial charge in [0.1, 0.15) is 0 Å². The number of rotatable bonds is 7. The van der Waals surface area contributed by atoms with Gasteiger partial charge in [-0.2, -0.15) is 0 Å². The molecule has 1 aromatic rings. The largest absolute Gasteiger partial charge is 0.379 e. The number of morpholine rings is 1. The van der Waals surface area contributed by atoms with E-state index in [2.05, 4.69) is 39.8 Å². The van der Waals surface area contributed by atoms with Crippen LogP contribution in [0.2, 0.25) is 0 Å². The summed E-state index contributed by atoms with van der Waals surface area (Å²) in [4.78, 5) is 14.8. The molecule has 2 atom stereocenters. The van der Waals surface area contributed by atoms with Crippen molar-refractivity contribution in [3.05, 3.63) is 35.9 Å². The second-order valence-electron chi connectivity index (χ2n) is 6.86. The van der Waals surface area contributed by atoms with E-state index in [0.29, 0.717) is 12.5 Å². The summed E-state index contributed by atoms with van der Waals surface area (Å²) in [6.45, 7) is 5.41. The summed E-state index contributed by atoms with van der Waals surface area (Å²) in [6.07, 6.45) is 3.76. The zero-order valence-electron chi connectivity index (χ0n) is 14.4. The lowest BCUT2D eigenvalue weighted by molar-refractivity contribution is -0.122. The molecule has 1 amide bonds. The molecule has 0 spiro atoms. The van der Waals surface area contributed by atoms with E-state index in [1.807, 2.05) is 6.07 Å². The van der Waals surface area contributed by atoms with Gasteiger partial charge in [0.25, 0.3) is 0 Å². The van der Waals surface area contributed by atoms with Gasteiger partial charge in [-0.1, -0.05) is 30.3 Å². The molecule has 0 radical (unpaired) electrons. The van der Waals surface area contributed by atoms with E-state index in [-0.39, 0.29) is 11.9 Å². The van der Waals surface area contributed by atoms with E-state index < -0.39 is 0 Å². The van der Waals surface area contributed by atoms with Gasteiger partial charge in [0.2, 0.25) is 5.91 Å². The van der Waals surface area contributed by atoms with Crippen LogP contribution in [0.25, 0.3) is 0 Å². The lowest BCUT2D eigenvalue weighted by Crippen LogP contribution is -2.49. The Morgan fingerprint density at radius 2 is 2.08 bits per heavy atom. The van der Waals surface area contributed by atoms with Crippen LogP contribution >= 0.6 is 0 Å². The van der Waals surface area contributed by atoms with Crippen molar-refractivity contribution in [2.75, 3.05) is 39.4 Å². The van der Waals surface area contributed by atoms with E-state index in [0.717, 1.165) is 52.2 Å². The molecule has 2 heterocycles. The Balaban J connectivity index is 1.56. The quantitative estimate of drug-likeness (QED) is 0.788. The van der Waals surface area contributed by atoms with E-state index >= 15 is 0 Å². The summed E-state index contributed by atoms with van der Waals surface area (Å²) < 4.78 is 5.43. The standard InChI is InChI=1S/C19H29N3O2/c23-19(14-17-7-4-8-20-17)21-18(13-16-5-2-1-3-6-16)15-22-9-11-24-12-10-22/h1-3,5-6,17-18,20H,4,7-15H2,(H,21,23). The van der Waals surface area contributed by atoms with E-state index in [1.165, 1.54) is 12.0 Å². The monoisotopic (exact) mass is 331 g/mol. The maximum atomic E-state index is 12.4. The Bertz CT molecular complexity index is 497. The third-order valence-electron chi connectivity index (χ3n) is 4.87. The first kappa shape index (κ1) is 17.4. The summed E-state index contributed by atoms with van der Waals surface area (Å²) in [7, 11) is 0. The van der Waals surface area contributed by atoms with Crippen molar-refractivity contribution < 1.29 is 9.53 Å². The van der Waals surface area contributed by atoms with E-state index in [4.69, 9.17) is 4.74 Å². The summed E-state index contributed by atoms with van der Waals surface area (Å²) >= 11 is 0. The molecule has 2 N–H and O–H groups in total. The maximum Gasteiger partial charge on any atom is 0.221 e. The SMILES string of the molecule is O=C(CC1CCCN1)NC(Cc1ccccc1)CN1CCOCC1. The molecule has 2 fully saturated rings. The van der Waals surface area contributed by atoms with Crippen molar-refractivity contribution in [1.82, 2.24) is 15.5 Å². The molecule has 0 saturated carbocycles. The average molecular weight is 331 g/mol. The van der Waals surface area contributed by atoms with Gasteiger partial charge in [-0.15, -0.1) is 0 Å². The molecule has 132 valence electrons. The van der Waals surface area contributed by atoms with Crippen LogP contribution in [0.1, 0.15) is 24.8 Å². The summed E-state index contributed by atoms with van der Waals surface area (Å²) in [6, 6.07) is 10.9. The van der Waals surface area contributed by atoms with E-state index in [9.17, 15) is 4.79 Å². The normalized spacial score (nSPS) is 23.1. The average Bonchev–Trinajstić information content (AvgIpc) is 3.09. The highest BCUT2D eigenvalue weighted by molar-refractivity contribution is 5.77. The Morgan fingerprint density at radius 1 is 1.29 bits per heavy atom. The van der Waals surface area contributed by atoms with E-state index in [1.54, 1.807) is 0 Å². The third kappa shape index (κ3) is 5.58. The number of nitrogens with zero attached hydrogens (tertiary/aromatic N) is 1. The number of amides is 1. The van der Waals surface area contributed by atoms with Crippen molar-refractivity contribution in [2.45, 2.75) is 37.8 Å². The molecule has 2 aliphatic rings. The lowest BCUT2D eigenvalue weighted by atomic mass is 10.0. The number of hydrogen-bond donors (Lipinski definition) is 2. The van der Waals surface area contributed by atoms with Crippen LogP contribution in [0.15, 0.2) is 30.3 Å². The maximum absolute atomic E-state index is 12.4. The van der Waals surface area contributed by atoms with Crippen LogP contribution in [0, 0.1) is 0 Å². The molecule has 1 aromatic carbocycles. The van der Waals surface area contributed by atoms with Crippen LogP contribution in [-0.4, -0.2) is 62.3 Å². The van der Waals surface area contributed by atoms with Crippen molar-refractivity contribution in [3.8, 4) is 0 Å². The molecule has 2 unspecified atom stereocenters. The van der Waals surface area contributed by atoms with Gasteiger partial charge in [-0.05, 0) is 31.4 Å². The first-order valence-electron chi connectivity index (χ1n) is 9.16. The number of carbonyl (C=O) groups is 1. The summed E-state index contributed by atoms with van der Waals surface area (Å²) in [5.41, 5.74) is 1.27. The van der Waals surface area contributed by atoms with Crippen molar-refractivity contribution in [2.24, 2.45) is 0 Å². The lowest BCUT2D eigenvalue weighted by Gasteiger charge is -2.31. The van der Waals surface area contributed by atoms with Gasteiger partial charge in [0.15, 0.2) is 0 Å². The smallest absolute Gasteiger partial charge is 0.221 e. The van der Waals surface area contributed by atoms with Crippen LogP contribution < -0.4 is 10.6 Å². The van der Waals surface area contributed by atoms with Gasteiger partial charge >= 0.3 is 0 Å². The predicted molar refractivity (Wildman–Crippen MR) is 95.0 cm³/mol. The second-order valence-corrected chi connectivity index (χ2v) is 6.86. The zero-order chi connectivity index (χ0) is 16.6. The topological polar surface area (TPSA) is 53.6 Å². The summed E-state index contributed by atoms with van der Waals surface area (Å²) in [5.74, 6) is 0.170. The Morgan fingerprint density at radius 3 is 2.79 bits per heavy atom. The molecule has 5 heteroatoms. The molecular formula is C19H29N3O2. The molecule has 5 nitrogen and oxygen atoms in total. The van der Waals surface area contributed by atoms with Crippen molar-refractivity contribution >= 4 is 5.91 Å². The Hall–Kier alpha value is -1.43. The predicted octanol–water partition coefficient (Wildman–Crippen LogP) is 1.19. The fraction of sp³-hybridized carbons (Fsp3) is 0.632. The Kier molecular flexibility index (Phi) is 6.64. The van der Waals surface area contributed by atoms with Crippen LogP contribution in [-0.2, 0) is 16.0 Å². The third-order valence-corrected chi connectivity index (χ3v) is 4.87.